The first-order valence-corrected chi connectivity index (χ1v) is 4.33. The third kappa shape index (κ3) is 1.63. The van der Waals surface area contributed by atoms with Crippen LogP contribution in [-0.4, -0.2) is 37.7 Å². The SMILES string of the molecule is CN1CC2C=CC(C1)OCC2. The maximum Gasteiger partial charge on any atom is 0.0882 e. The van der Waals surface area contributed by atoms with Crippen LogP contribution in [0.25, 0.3) is 0 Å². The summed E-state index contributed by atoms with van der Waals surface area (Å²) in [4.78, 5) is 2.36. The molecule has 2 aliphatic heterocycles. The van der Waals surface area contributed by atoms with Gasteiger partial charge in [0, 0.05) is 19.7 Å². The molecule has 0 N–H and O–H groups in total. The Hall–Kier alpha value is -0.340. The zero-order valence-electron chi connectivity index (χ0n) is 6.99. The molecule has 0 saturated carbocycles. The first kappa shape index (κ1) is 7.32. The zero-order chi connectivity index (χ0) is 7.68. The molecule has 0 aliphatic carbocycles. The Balaban J connectivity index is 2.11. The van der Waals surface area contributed by atoms with Crippen molar-refractivity contribution < 1.29 is 4.74 Å². The molecule has 2 heterocycles. The summed E-state index contributed by atoms with van der Waals surface area (Å²) in [5.41, 5.74) is 0. The summed E-state index contributed by atoms with van der Waals surface area (Å²) in [6, 6.07) is 0. The Labute approximate surface area is 67.8 Å². The lowest BCUT2D eigenvalue weighted by Gasteiger charge is -2.25. The van der Waals surface area contributed by atoms with E-state index in [0.717, 1.165) is 19.1 Å². The molecular weight excluding hydrogens is 138 g/mol. The van der Waals surface area contributed by atoms with E-state index in [1.54, 1.807) is 0 Å². The minimum atomic E-state index is 0.354. The zero-order valence-corrected chi connectivity index (χ0v) is 6.99. The highest BCUT2D eigenvalue weighted by Gasteiger charge is 2.21. The van der Waals surface area contributed by atoms with Crippen molar-refractivity contribution in [3.8, 4) is 0 Å². The molecule has 2 bridgehead atoms. The van der Waals surface area contributed by atoms with Crippen molar-refractivity contribution in [3.05, 3.63) is 12.2 Å². The summed E-state index contributed by atoms with van der Waals surface area (Å²) in [6.45, 7) is 3.21. The summed E-state index contributed by atoms with van der Waals surface area (Å²) in [5.74, 6) is 0.729. The molecule has 2 heteroatoms. The van der Waals surface area contributed by atoms with E-state index in [1.165, 1.54) is 13.0 Å². The fourth-order valence-corrected chi connectivity index (χ4v) is 1.85. The van der Waals surface area contributed by atoms with Crippen molar-refractivity contribution in [2.24, 2.45) is 5.92 Å². The molecule has 0 aromatic carbocycles. The highest BCUT2D eigenvalue weighted by atomic mass is 16.5. The maximum absolute atomic E-state index is 5.62. The fourth-order valence-electron chi connectivity index (χ4n) is 1.85. The largest absolute Gasteiger partial charge is 0.373 e. The van der Waals surface area contributed by atoms with Crippen LogP contribution in [0.15, 0.2) is 12.2 Å². The van der Waals surface area contributed by atoms with Crippen molar-refractivity contribution in [2.45, 2.75) is 12.5 Å². The summed E-state index contributed by atoms with van der Waals surface area (Å²) in [6.07, 6.45) is 6.09. The molecule has 0 aromatic heterocycles. The summed E-state index contributed by atoms with van der Waals surface area (Å²) < 4.78 is 5.62. The summed E-state index contributed by atoms with van der Waals surface area (Å²) >= 11 is 0. The van der Waals surface area contributed by atoms with Crippen molar-refractivity contribution in [1.82, 2.24) is 4.90 Å². The Morgan fingerprint density at radius 2 is 2.27 bits per heavy atom. The molecular formula is C9H15NO. The van der Waals surface area contributed by atoms with Gasteiger partial charge in [0.05, 0.1) is 6.10 Å². The molecule has 0 fully saturated rings. The van der Waals surface area contributed by atoms with Crippen molar-refractivity contribution in [3.63, 3.8) is 0 Å². The second-order valence-electron chi connectivity index (χ2n) is 3.56. The van der Waals surface area contributed by atoms with Gasteiger partial charge in [-0.3, -0.25) is 0 Å². The van der Waals surface area contributed by atoms with E-state index in [0.29, 0.717) is 6.10 Å². The van der Waals surface area contributed by atoms with Crippen molar-refractivity contribution in [2.75, 3.05) is 26.7 Å². The van der Waals surface area contributed by atoms with E-state index in [2.05, 4.69) is 24.1 Å². The van der Waals surface area contributed by atoms with Crippen molar-refractivity contribution in [1.29, 1.82) is 0 Å². The van der Waals surface area contributed by atoms with Crippen LogP contribution >= 0.6 is 0 Å². The van der Waals surface area contributed by atoms with Crippen LogP contribution in [0.3, 0.4) is 0 Å². The van der Waals surface area contributed by atoms with E-state index in [9.17, 15) is 0 Å². The van der Waals surface area contributed by atoms with Crippen LogP contribution in [0.2, 0.25) is 0 Å². The minimum absolute atomic E-state index is 0.354. The highest BCUT2D eigenvalue weighted by Crippen LogP contribution is 2.18. The van der Waals surface area contributed by atoms with Crippen LogP contribution in [-0.2, 0) is 4.74 Å². The second-order valence-corrected chi connectivity index (χ2v) is 3.56. The van der Waals surface area contributed by atoms with Crippen LogP contribution in [0, 0.1) is 5.92 Å². The molecule has 2 atom stereocenters. The number of likely N-dealkylation sites (N-methyl/N-ethyl adjacent to an activating group) is 1. The van der Waals surface area contributed by atoms with Crippen molar-refractivity contribution >= 4 is 0 Å². The van der Waals surface area contributed by atoms with E-state index in [-0.39, 0.29) is 0 Å². The van der Waals surface area contributed by atoms with Gasteiger partial charge in [-0.25, -0.2) is 0 Å². The van der Waals surface area contributed by atoms with E-state index < -0.39 is 0 Å². The number of nitrogens with zero attached hydrogens (tertiary/aromatic N) is 1. The highest BCUT2D eigenvalue weighted by molar-refractivity contribution is 5.00. The molecule has 0 amide bonds. The first-order valence-electron chi connectivity index (χ1n) is 4.33. The monoisotopic (exact) mass is 153 g/mol. The van der Waals surface area contributed by atoms with Crippen LogP contribution in [0.4, 0.5) is 0 Å². The third-order valence-corrected chi connectivity index (χ3v) is 2.46. The smallest absolute Gasteiger partial charge is 0.0882 e. The number of ether oxygens (including phenoxy) is 1. The minimum Gasteiger partial charge on any atom is -0.373 e. The summed E-state index contributed by atoms with van der Waals surface area (Å²) in [5, 5.41) is 0. The standard InChI is InChI=1S/C9H15NO/c1-10-6-8-2-3-9(7-10)11-5-4-8/h2-3,8-9H,4-7H2,1H3. The Morgan fingerprint density at radius 3 is 3.18 bits per heavy atom. The number of hydrogen-bond acceptors (Lipinski definition) is 2. The Kier molecular flexibility index (Phi) is 1.96. The molecule has 2 aliphatic rings. The lowest BCUT2D eigenvalue weighted by molar-refractivity contribution is 0.0428. The fraction of sp³-hybridized carbons (Fsp3) is 0.778. The van der Waals surface area contributed by atoms with Gasteiger partial charge in [-0.15, -0.1) is 0 Å². The van der Waals surface area contributed by atoms with Gasteiger partial charge in [-0.05, 0) is 19.4 Å². The average Bonchev–Trinajstić information content (AvgIpc) is 2.19. The number of rotatable bonds is 0. The van der Waals surface area contributed by atoms with E-state index in [4.69, 9.17) is 4.74 Å². The second kappa shape index (κ2) is 2.95. The molecule has 2 rings (SSSR count). The molecule has 0 saturated heterocycles. The number of fused-ring (bicyclic) bond motifs is 2. The molecule has 0 aromatic rings. The predicted octanol–water partition coefficient (Wildman–Crippen LogP) is 0.893. The molecule has 11 heavy (non-hydrogen) atoms. The van der Waals surface area contributed by atoms with Gasteiger partial charge in [0.25, 0.3) is 0 Å². The predicted molar refractivity (Wildman–Crippen MR) is 44.5 cm³/mol. The van der Waals surface area contributed by atoms with Gasteiger partial charge in [-0.1, -0.05) is 12.2 Å². The lowest BCUT2D eigenvalue weighted by atomic mass is 10.1. The van der Waals surface area contributed by atoms with Gasteiger partial charge in [-0.2, -0.15) is 0 Å². The van der Waals surface area contributed by atoms with Crippen LogP contribution in [0.5, 0.6) is 0 Å². The molecule has 0 radical (unpaired) electrons. The normalized spacial score (nSPS) is 38.6. The van der Waals surface area contributed by atoms with Gasteiger partial charge >= 0.3 is 0 Å². The topological polar surface area (TPSA) is 12.5 Å². The molecule has 62 valence electrons. The quantitative estimate of drug-likeness (QED) is 0.479. The van der Waals surface area contributed by atoms with E-state index in [1.807, 2.05) is 0 Å². The van der Waals surface area contributed by atoms with Gasteiger partial charge < -0.3 is 9.64 Å². The molecule has 2 nitrogen and oxygen atoms in total. The molecule has 0 spiro atoms. The van der Waals surface area contributed by atoms with Gasteiger partial charge in [0.15, 0.2) is 0 Å². The maximum atomic E-state index is 5.62. The van der Waals surface area contributed by atoms with Crippen LogP contribution in [0.1, 0.15) is 6.42 Å². The lowest BCUT2D eigenvalue weighted by Crippen LogP contribution is -2.33. The summed E-state index contributed by atoms with van der Waals surface area (Å²) in [7, 11) is 2.17. The van der Waals surface area contributed by atoms with Crippen LogP contribution < -0.4 is 0 Å². The van der Waals surface area contributed by atoms with E-state index >= 15 is 0 Å². The van der Waals surface area contributed by atoms with Gasteiger partial charge in [0.1, 0.15) is 0 Å². The number of hydrogen-bond donors (Lipinski definition) is 0. The third-order valence-electron chi connectivity index (χ3n) is 2.46. The first-order chi connectivity index (χ1) is 5.34. The Morgan fingerprint density at radius 1 is 1.36 bits per heavy atom. The molecule has 2 unspecified atom stereocenters. The van der Waals surface area contributed by atoms with Gasteiger partial charge in [0.2, 0.25) is 0 Å². The average molecular weight is 153 g/mol. The Bertz CT molecular complexity index is 151.